The molecule has 1 aliphatic heterocycles. The fraction of sp³-hybridized carbons (Fsp3) is 0.348. The molecule has 0 radical (unpaired) electrons. The van der Waals surface area contributed by atoms with E-state index in [9.17, 15) is 4.79 Å². The summed E-state index contributed by atoms with van der Waals surface area (Å²) in [6.07, 6.45) is 4.71. The molecule has 1 aromatic heterocycles. The quantitative estimate of drug-likeness (QED) is 0.512. The molecular weight excluding hydrogens is 421 g/mol. The highest BCUT2D eigenvalue weighted by atomic mass is 35.5. The topological polar surface area (TPSA) is 57.4 Å². The van der Waals surface area contributed by atoms with Crippen molar-refractivity contribution in [1.29, 1.82) is 0 Å². The van der Waals surface area contributed by atoms with Crippen molar-refractivity contribution >= 4 is 45.7 Å². The summed E-state index contributed by atoms with van der Waals surface area (Å²) in [5.41, 5.74) is 3.06. The van der Waals surface area contributed by atoms with Crippen LogP contribution in [-0.4, -0.2) is 42.5 Å². The number of carbonyl (C=O) groups excluding carboxylic acids is 1. The number of likely N-dealkylation sites (tertiary alicyclic amines) is 1. The van der Waals surface area contributed by atoms with Crippen LogP contribution >= 0.6 is 23.2 Å². The first-order chi connectivity index (χ1) is 14.5. The van der Waals surface area contributed by atoms with E-state index >= 15 is 0 Å². The molecule has 158 valence electrons. The van der Waals surface area contributed by atoms with Gasteiger partial charge in [0.2, 0.25) is 5.91 Å². The van der Waals surface area contributed by atoms with Crippen molar-refractivity contribution in [2.24, 2.45) is 0 Å². The van der Waals surface area contributed by atoms with Gasteiger partial charge in [-0.15, -0.1) is 0 Å². The minimum atomic E-state index is -0.0509. The van der Waals surface area contributed by atoms with Gasteiger partial charge >= 0.3 is 0 Å². The second kappa shape index (κ2) is 9.29. The minimum Gasteiger partial charge on any atom is -0.497 e. The van der Waals surface area contributed by atoms with E-state index in [1.165, 1.54) is 10.9 Å². The van der Waals surface area contributed by atoms with Gasteiger partial charge in [0.05, 0.1) is 17.8 Å². The van der Waals surface area contributed by atoms with Crippen molar-refractivity contribution in [2.75, 3.05) is 32.1 Å². The number of anilines is 1. The van der Waals surface area contributed by atoms with Gasteiger partial charge in [0.15, 0.2) is 0 Å². The molecule has 2 N–H and O–H groups in total. The molecule has 0 saturated carbocycles. The highest BCUT2D eigenvalue weighted by Crippen LogP contribution is 2.34. The third-order valence-corrected chi connectivity index (χ3v) is 6.37. The van der Waals surface area contributed by atoms with Crippen molar-refractivity contribution in [2.45, 2.75) is 25.2 Å². The number of fused-ring (bicyclic) bond motifs is 1. The molecule has 1 fully saturated rings. The summed E-state index contributed by atoms with van der Waals surface area (Å²) in [4.78, 5) is 18.1. The number of carbonyl (C=O) groups is 1. The van der Waals surface area contributed by atoms with E-state index in [0.717, 1.165) is 43.7 Å². The normalized spacial score (nSPS) is 15.4. The first-order valence-electron chi connectivity index (χ1n) is 10.2. The minimum absolute atomic E-state index is 0.0509. The number of hydrogen-bond donors (Lipinski definition) is 2. The number of aromatic amines is 1. The molecule has 3 aromatic rings. The Morgan fingerprint density at radius 3 is 2.77 bits per heavy atom. The number of halogens is 2. The Bertz CT molecular complexity index is 1040. The Labute approximate surface area is 186 Å². The van der Waals surface area contributed by atoms with Crippen molar-refractivity contribution in [1.82, 2.24) is 9.88 Å². The molecule has 0 aliphatic carbocycles. The monoisotopic (exact) mass is 445 g/mol. The van der Waals surface area contributed by atoms with E-state index in [-0.39, 0.29) is 5.91 Å². The van der Waals surface area contributed by atoms with Crippen molar-refractivity contribution < 1.29 is 9.53 Å². The third-order valence-electron chi connectivity index (χ3n) is 5.81. The Balaban J connectivity index is 1.30. The molecule has 0 atom stereocenters. The van der Waals surface area contributed by atoms with Crippen LogP contribution in [0.3, 0.4) is 0 Å². The molecule has 4 rings (SSSR count). The number of rotatable bonds is 6. The lowest BCUT2D eigenvalue weighted by Crippen LogP contribution is -2.35. The molecule has 0 bridgehead atoms. The number of amides is 1. The molecule has 1 amide bonds. The van der Waals surface area contributed by atoms with Gasteiger partial charge < -0.3 is 19.9 Å². The number of H-pyrrole nitrogens is 1. The number of ether oxygens (including phenoxy) is 1. The Morgan fingerprint density at radius 2 is 2.00 bits per heavy atom. The summed E-state index contributed by atoms with van der Waals surface area (Å²) in [5, 5.41) is 5.13. The average Bonchev–Trinajstić information content (AvgIpc) is 3.18. The summed E-state index contributed by atoms with van der Waals surface area (Å²) in [5.74, 6) is 1.35. The number of nitrogens with one attached hydrogen (secondary N) is 2. The van der Waals surface area contributed by atoms with Crippen LogP contribution in [0.5, 0.6) is 5.75 Å². The summed E-state index contributed by atoms with van der Waals surface area (Å²) in [6.45, 7) is 2.69. The first kappa shape index (κ1) is 21.0. The highest BCUT2D eigenvalue weighted by molar-refractivity contribution is 6.35. The maximum Gasteiger partial charge on any atom is 0.225 e. The standard InChI is InChI=1S/C23H25Cl2N3O2/c1-30-17-3-5-21-18(13-17)19(14-26-21)15-6-9-28(10-7-15)11-8-23(29)27-22-12-16(24)2-4-20(22)25/h2-5,12-15,26H,6-11H2,1H3,(H,27,29). The predicted molar refractivity (Wildman–Crippen MR) is 123 cm³/mol. The van der Waals surface area contributed by atoms with Gasteiger partial charge in [-0.05, 0) is 73.8 Å². The number of hydrogen-bond acceptors (Lipinski definition) is 3. The number of aromatic nitrogens is 1. The van der Waals surface area contributed by atoms with E-state index in [1.807, 2.05) is 6.07 Å². The van der Waals surface area contributed by atoms with Gasteiger partial charge in [0.25, 0.3) is 0 Å². The van der Waals surface area contributed by atoms with Crippen molar-refractivity contribution in [3.8, 4) is 5.75 Å². The zero-order valence-corrected chi connectivity index (χ0v) is 18.4. The number of nitrogens with zero attached hydrogens (tertiary/aromatic N) is 1. The van der Waals surface area contributed by atoms with Crippen molar-refractivity contribution in [3.63, 3.8) is 0 Å². The van der Waals surface area contributed by atoms with Crippen LogP contribution in [0.2, 0.25) is 10.0 Å². The van der Waals surface area contributed by atoms with E-state index in [1.54, 1.807) is 25.3 Å². The smallest absolute Gasteiger partial charge is 0.225 e. The molecule has 5 nitrogen and oxygen atoms in total. The van der Waals surface area contributed by atoms with Crippen LogP contribution in [0.1, 0.15) is 30.7 Å². The maximum atomic E-state index is 12.3. The zero-order valence-electron chi connectivity index (χ0n) is 16.9. The molecule has 1 saturated heterocycles. The molecular formula is C23H25Cl2N3O2. The molecule has 7 heteroatoms. The largest absolute Gasteiger partial charge is 0.497 e. The summed E-state index contributed by atoms with van der Waals surface area (Å²) < 4.78 is 5.39. The van der Waals surface area contributed by atoms with Gasteiger partial charge in [-0.2, -0.15) is 0 Å². The average molecular weight is 446 g/mol. The summed E-state index contributed by atoms with van der Waals surface area (Å²) in [6, 6.07) is 11.2. The zero-order chi connectivity index (χ0) is 21.1. The number of methoxy groups -OCH3 is 1. The van der Waals surface area contributed by atoms with E-state index in [4.69, 9.17) is 27.9 Å². The van der Waals surface area contributed by atoms with Gasteiger partial charge in [-0.3, -0.25) is 4.79 Å². The number of benzene rings is 2. The molecule has 2 heterocycles. The van der Waals surface area contributed by atoms with Crippen LogP contribution in [-0.2, 0) is 4.79 Å². The predicted octanol–water partition coefficient (Wildman–Crippen LogP) is 5.69. The second-order valence-electron chi connectivity index (χ2n) is 7.69. The third kappa shape index (κ3) is 4.75. The second-order valence-corrected chi connectivity index (χ2v) is 8.54. The fourth-order valence-electron chi connectivity index (χ4n) is 4.12. The van der Waals surface area contributed by atoms with Gasteiger partial charge in [0.1, 0.15) is 5.75 Å². The lowest BCUT2D eigenvalue weighted by atomic mass is 9.89. The van der Waals surface area contributed by atoms with Gasteiger partial charge in [0, 0.05) is 35.1 Å². The molecule has 2 aromatic carbocycles. The van der Waals surface area contributed by atoms with Crippen LogP contribution < -0.4 is 10.1 Å². The fourth-order valence-corrected chi connectivity index (χ4v) is 4.46. The molecule has 30 heavy (non-hydrogen) atoms. The Morgan fingerprint density at radius 1 is 1.20 bits per heavy atom. The molecule has 1 aliphatic rings. The highest BCUT2D eigenvalue weighted by Gasteiger charge is 2.23. The van der Waals surface area contributed by atoms with Crippen LogP contribution in [0.4, 0.5) is 5.69 Å². The van der Waals surface area contributed by atoms with Gasteiger partial charge in [-0.25, -0.2) is 0 Å². The lowest BCUT2D eigenvalue weighted by Gasteiger charge is -2.31. The van der Waals surface area contributed by atoms with E-state index in [2.05, 4.69) is 33.5 Å². The van der Waals surface area contributed by atoms with Crippen LogP contribution in [0.25, 0.3) is 10.9 Å². The van der Waals surface area contributed by atoms with Crippen LogP contribution in [0, 0.1) is 0 Å². The maximum absolute atomic E-state index is 12.3. The van der Waals surface area contributed by atoms with Gasteiger partial charge in [-0.1, -0.05) is 23.2 Å². The molecule has 0 unspecified atom stereocenters. The summed E-state index contributed by atoms with van der Waals surface area (Å²) in [7, 11) is 1.70. The first-order valence-corrected chi connectivity index (χ1v) is 10.9. The summed E-state index contributed by atoms with van der Waals surface area (Å²) >= 11 is 12.1. The molecule has 0 spiro atoms. The Hall–Kier alpha value is -2.21. The van der Waals surface area contributed by atoms with Crippen molar-refractivity contribution in [3.05, 3.63) is 58.2 Å². The van der Waals surface area contributed by atoms with E-state index in [0.29, 0.717) is 28.1 Å². The lowest BCUT2D eigenvalue weighted by molar-refractivity contribution is -0.116. The number of piperidine rings is 1. The van der Waals surface area contributed by atoms with Crippen LogP contribution in [0.15, 0.2) is 42.6 Å². The van der Waals surface area contributed by atoms with E-state index < -0.39 is 0 Å². The Kier molecular flexibility index (Phi) is 6.52. The SMILES string of the molecule is COc1ccc2[nH]cc(C3CCN(CCC(=O)Nc4cc(Cl)ccc4Cl)CC3)c2c1.